The predicted octanol–water partition coefficient (Wildman–Crippen LogP) is 6.17. The van der Waals surface area contributed by atoms with Crippen LogP contribution in [0.3, 0.4) is 0 Å². The van der Waals surface area contributed by atoms with Crippen molar-refractivity contribution in [1.82, 2.24) is 4.90 Å². The summed E-state index contributed by atoms with van der Waals surface area (Å²) >= 11 is 0.984. The Labute approximate surface area is 180 Å². The number of benzene rings is 3. The van der Waals surface area contributed by atoms with Gasteiger partial charge in [0, 0.05) is 5.56 Å². The lowest BCUT2D eigenvalue weighted by molar-refractivity contribution is -0.123. The van der Waals surface area contributed by atoms with Gasteiger partial charge in [-0.15, -0.1) is 0 Å². The quantitative estimate of drug-likeness (QED) is 0.450. The Balaban J connectivity index is 1.70. The van der Waals surface area contributed by atoms with Crippen molar-refractivity contribution in [3.8, 4) is 5.75 Å². The largest absolute Gasteiger partial charge is 0.493 e. The van der Waals surface area contributed by atoms with E-state index in [1.165, 1.54) is 4.90 Å². The van der Waals surface area contributed by atoms with Gasteiger partial charge in [-0.1, -0.05) is 67.1 Å². The molecule has 0 bridgehead atoms. The van der Waals surface area contributed by atoms with Crippen molar-refractivity contribution in [2.45, 2.75) is 26.8 Å². The molecular weight excluding hydrogens is 394 g/mol. The maximum Gasteiger partial charge on any atom is 0.293 e. The molecule has 2 amide bonds. The lowest BCUT2D eigenvalue weighted by Gasteiger charge is -2.13. The van der Waals surface area contributed by atoms with E-state index in [0.717, 1.165) is 51.4 Å². The van der Waals surface area contributed by atoms with E-state index in [4.69, 9.17) is 4.74 Å². The van der Waals surface area contributed by atoms with Gasteiger partial charge in [-0.3, -0.25) is 14.5 Å². The number of nitrogens with zero attached hydrogens (tertiary/aromatic N) is 1. The highest BCUT2D eigenvalue weighted by atomic mass is 32.2. The average Bonchev–Trinajstić information content (AvgIpc) is 3.00. The predicted molar refractivity (Wildman–Crippen MR) is 122 cm³/mol. The molecule has 0 saturated carbocycles. The summed E-state index contributed by atoms with van der Waals surface area (Å²) < 4.78 is 5.94. The third kappa shape index (κ3) is 4.12. The van der Waals surface area contributed by atoms with Gasteiger partial charge in [0.05, 0.1) is 18.1 Å². The highest BCUT2D eigenvalue weighted by Gasteiger charge is 2.35. The topological polar surface area (TPSA) is 46.6 Å². The van der Waals surface area contributed by atoms with Crippen molar-refractivity contribution in [2.24, 2.45) is 0 Å². The van der Waals surface area contributed by atoms with Crippen molar-refractivity contribution >= 4 is 39.8 Å². The molecule has 3 aromatic rings. The first-order valence-corrected chi connectivity index (χ1v) is 10.8. The Bertz CT molecular complexity index is 1150. The summed E-state index contributed by atoms with van der Waals surface area (Å²) in [5, 5.41) is 1.81. The van der Waals surface area contributed by atoms with Gasteiger partial charge >= 0.3 is 0 Å². The van der Waals surface area contributed by atoms with E-state index in [9.17, 15) is 9.59 Å². The van der Waals surface area contributed by atoms with Gasteiger partial charge in [-0.2, -0.15) is 0 Å². The first-order chi connectivity index (χ1) is 14.6. The fourth-order valence-corrected chi connectivity index (χ4v) is 4.34. The molecule has 4 nitrogen and oxygen atoms in total. The van der Waals surface area contributed by atoms with Crippen LogP contribution >= 0.6 is 11.8 Å². The van der Waals surface area contributed by atoms with Crippen molar-refractivity contribution in [3.63, 3.8) is 0 Å². The molecule has 1 aliphatic heterocycles. The fourth-order valence-electron chi connectivity index (χ4n) is 3.52. The molecule has 30 heavy (non-hydrogen) atoms. The number of amides is 2. The van der Waals surface area contributed by atoms with Gasteiger partial charge in [0.2, 0.25) is 0 Å². The molecule has 1 heterocycles. The van der Waals surface area contributed by atoms with Crippen LogP contribution in [0.2, 0.25) is 0 Å². The summed E-state index contributed by atoms with van der Waals surface area (Å²) in [5.41, 5.74) is 2.88. The molecule has 1 saturated heterocycles. The molecule has 3 aromatic carbocycles. The average molecular weight is 418 g/mol. The Morgan fingerprint density at radius 2 is 1.87 bits per heavy atom. The maximum absolute atomic E-state index is 13.0. The summed E-state index contributed by atoms with van der Waals surface area (Å²) in [4.78, 5) is 27.4. The van der Waals surface area contributed by atoms with E-state index >= 15 is 0 Å². The minimum absolute atomic E-state index is 0.246. The lowest BCUT2D eigenvalue weighted by Crippen LogP contribution is -2.27. The molecule has 152 valence electrons. The van der Waals surface area contributed by atoms with Crippen molar-refractivity contribution < 1.29 is 14.3 Å². The molecule has 0 spiro atoms. The van der Waals surface area contributed by atoms with Crippen LogP contribution < -0.4 is 4.74 Å². The zero-order chi connectivity index (χ0) is 21.1. The molecule has 0 unspecified atom stereocenters. The number of thioether (sulfide) groups is 1. The summed E-state index contributed by atoms with van der Waals surface area (Å²) in [6.45, 7) is 4.92. The number of ether oxygens (including phenoxy) is 1. The number of fused-ring (bicyclic) bond motifs is 1. The third-order valence-corrected chi connectivity index (χ3v) is 5.87. The summed E-state index contributed by atoms with van der Waals surface area (Å²) in [7, 11) is 0. The van der Waals surface area contributed by atoms with Crippen molar-refractivity contribution in [1.29, 1.82) is 0 Å². The molecule has 1 fully saturated rings. The summed E-state index contributed by atoms with van der Waals surface area (Å²) in [6, 6.07) is 19.8. The second-order valence-electron chi connectivity index (χ2n) is 7.30. The molecule has 0 N–H and O–H groups in total. The zero-order valence-corrected chi connectivity index (χ0v) is 17.9. The molecular formula is C25H23NO3S. The van der Waals surface area contributed by atoms with E-state index in [1.54, 1.807) is 6.08 Å². The van der Waals surface area contributed by atoms with Crippen LogP contribution in [0.15, 0.2) is 65.6 Å². The van der Waals surface area contributed by atoms with Gasteiger partial charge in [0.1, 0.15) is 5.75 Å². The van der Waals surface area contributed by atoms with Crippen LogP contribution in [-0.4, -0.2) is 22.7 Å². The van der Waals surface area contributed by atoms with Crippen LogP contribution in [0.25, 0.3) is 16.8 Å². The zero-order valence-electron chi connectivity index (χ0n) is 17.1. The van der Waals surface area contributed by atoms with Crippen LogP contribution in [0.5, 0.6) is 5.75 Å². The number of hydrogen-bond donors (Lipinski definition) is 0. The number of carbonyl (C=O) groups is 2. The van der Waals surface area contributed by atoms with Gasteiger partial charge in [-0.05, 0) is 53.6 Å². The van der Waals surface area contributed by atoms with Gasteiger partial charge in [0.25, 0.3) is 11.1 Å². The van der Waals surface area contributed by atoms with E-state index in [1.807, 2.05) is 67.6 Å². The molecule has 0 aromatic heterocycles. The van der Waals surface area contributed by atoms with E-state index in [2.05, 4.69) is 6.92 Å². The Kier molecular flexibility index (Phi) is 5.91. The smallest absolute Gasteiger partial charge is 0.293 e. The van der Waals surface area contributed by atoms with E-state index in [-0.39, 0.29) is 17.7 Å². The van der Waals surface area contributed by atoms with Crippen molar-refractivity contribution in [2.75, 3.05) is 6.61 Å². The number of hydrogen-bond acceptors (Lipinski definition) is 4. The van der Waals surface area contributed by atoms with Gasteiger partial charge in [-0.25, -0.2) is 0 Å². The molecule has 0 atom stereocenters. The second-order valence-corrected chi connectivity index (χ2v) is 8.30. The van der Waals surface area contributed by atoms with Crippen LogP contribution in [0.1, 0.15) is 30.0 Å². The number of carbonyl (C=O) groups excluding carboxylic acids is 2. The Morgan fingerprint density at radius 1 is 1.03 bits per heavy atom. The highest BCUT2D eigenvalue weighted by Crippen LogP contribution is 2.37. The summed E-state index contributed by atoms with van der Waals surface area (Å²) in [5.74, 6) is 0.460. The minimum Gasteiger partial charge on any atom is -0.493 e. The molecule has 5 heteroatoms. The molecule has 0 aliphatic carbocycles. The van der Waals surface area contributed by atoms with E-state index < -0.39 is 0 Å². The second kappa shape index (κ2) is 8.76. The number of imide groups is 1. The first kappa shape index (κ1) is 20.2. The minimum atomic E-state index is -0.263. The molecule has 1 aliphatic rings. The standard InChI is InChI=1S/C25H23NO3S/c1-3-13-29-22-12-11-19-9-4-5-10-20(19)21(22)15-23-24(27)26(25(28)30-23)16-18-8-6-7-17(2)14-18/h4-12,14-15H,3,13,16H2,1-2H3/b23-15-. The normalized spacial score (nSPS) is 15.4. The lowest BCUT2D eigenvalue weighted by atomic mass is 10.0. The highest BCUT2D eigenvalue weighted by molar-refractivity contribution is 8.18. The van der Waals surface area contributed by atoms with Gasteiger partial charge in [0.15, 0.2) is 0 Å². The van der Waals surface area contributed by atoms with Crippen LogP contribution in [0.4, 0.5) is 4.79 Å². The van der Waals surface area contributed by atoms with Crippen LogP contribution in [-0.2, 0) is 11.3 Å². The number of aryl methyl sites for hydroxylation is 1. The Hall–Kier alpha value is -3.05. The van der Waals surface area contributed by atoms with Gasteiger partial charge < -0.3 is 4.74 Å². The van der Waals surface area contributed by atoms with Crippen LogP contribution in [0, 0.1) is 6.92 Å². The Morgan fingerprint density at radius 3 is 2.67 bits per heavy atom. The molecule has 0 radical (unpaired) electrons. The summed E-state index contributed by atoms with van der Waals surface area (Å²) in [6.07, 6.45) is 2.69. The van der Waals surface area contributed by atoms with E-state index in [0.29, 0.717) is 11.5 Å². The SMILES string of the molecule is CCCOc1ccc2ccccc2c1/C=C1\SC(=O)N(Cc2cccc(C)c2)C1=O. The van der Waals surface area contributed by atoms with Crippen molar-refractivity contribution in [3.05, 3.63) is 82.3 Å². The monoisotopic (exact) mass is 417 g/mol. The number of rotatable bonds is 6. The maximum atomic E-state index is 13.0. The molecule has 4 rings (SSSR count). The third-order valence-electron chi connectivity index (χ3n) is 4.96. The fraction of sp³-hybridized carbons (Fsp3) is 0.200. The first-order valence-electron chi connectivity index (χ1n) is 10.0.